The number of primary sulfonamides is 1. The second-order valence-electron chi connectivity index (χ2n) is 5.72. The summed E-state index contributed by atoms with van der Waals surface area (Å²) >= 11 is 3.44. The third-order valence-electron chi connectivity index (χ3n) is 3.87. The molecule has 25 heavy (non-hydrogen) atoms. The van der Waals surface area contributed by atoms with Crippen molar-refractivity contribution in [3.8, 4) is 0 Å². The molecule has 130 valence electrons. The van der Waals surface area contributed by atoms with Crippen LogP contribution in [0.4, 0.5) is 5.69 Å². The van der Waals surface area contributed by atoms with Crippen molar-refractivity contribution in [1.29, 1.82) is 0 Å². The molecule has 0 saturated heterocycles. The predicted molar refractivity (Wildman–Crippen MR) is 101 cm³/mol. The van der Waals surface area contributed by atoms with E-state index in [4.69, 9.17) is 5.14 Å². The van der Waals surface area contributed by atoms with Crippen LogP contribution in [0.25, 0.3) is 10.9 Å². The van der Waals surface area contributed by atoms with Gasteiger partial charge in [0.2, 0.25) is 15.9 Å². The molecule has 1 heterocycles. The zero-order chi connectivity index (χ0) is 18.2. The molecule has 0 spiro atoms. The number of carbonyl (C=O) groups is 1. The number of sulfonamides is 1. The number of rotatable bonds is 4. The largest absolute Gasteiger partial charge is 0.358 e. The number of aromatic nitrogens is 1. The van der Waals surface area contributed by atoms with Crippen LogP contribution in [-0.4, -0.2) is 19.3 Å². The number of halogens is 1. The van der Waals surface area contributed by atoms with E-state index in [1.165, 1.54) is 18.2 Å². The molecule has 3 rings (SSSR count). The smallest absolute Gasteiger partial charge is 0.238 e. The molecule has 0 saturated carbocycles. The maximum Gasteiger partial charge on any atom is 0.238 e. The Labute approximate surface area is 153 Å². The quantitative estimate of drug-likeness (QED) is 0.602. The minimum Gasteiger partial charge on any atom is -0.358 e. The molecule has 2 aromatic carbocycles. The monoisotopic (exact) mass is 421 g/mol. The molecular formula is C17H16BrN3O3S. The molecule has 0 aliphatic rings. The molecule has 6 nitrogen and oxygen atoms in total. The number of aryl methyl sites for hydroxylation is 1. The van der Waals surface area contributed by atoms with Crippen molar-refractivity contribution in [2.45, 2.75) is 18.2 Å². The molecule has 1 aromatic heterocycles. The topological polar surface area (TPSA) is 105 Å². The summed E-state index contributed by atoms with van der Waals surface area (Å²) < 4.78 is 23.7. The second-order valence-corrected chi connectivity index (χ2v) is 8.19. The summed E-state index contributed by atoms with van der Waals surface area (Å²) in [6.45, 7) is 1.91. The molecule has 3 aromatic rings. The number of benzene rings is 2. The summed E-state index contributed by atoms with van der Waals surface area (Å²) in [5.74, 6) is -0.240. The molecule has 8 heteroatoms. The van der Waals surface area contributed by atoms with Gasteiger partial charge in [-0.1, -0.05) is 22.0 Å². The third kappa shape index (κ3) is 3.92. The number of amides is 1. The van der Waals surface area contributed by atoms with Crippen LogP contribution in [0.15, 0.2) is 51.8 Å². The molecule has 1 amide bonds. The van der Waals surface area contributed by atoms with Gasteiger partial charge in [-0.05, 0) is 48.9 Å². The maximum atomic E-state index is 12.4. The van der Waals surface area contributed by atoms with Crippen molar-refractivity contribution in [3.63, 3.8) is 0 Å². The predicted octanol–water partition coefficient (Wildman–Crippen LogP) is 3.07. The molecule has 0 unspecified atom stereocenters. The summed E-state index contributed by atoms with van der Waals surface area (Å²) in [6, 6.07) is 11.7. The van der Waals surface area contributed by atoms with Gasteiger partial charge in [-0.3, -0.25) is 4.79 Å². The first-order valence-corrected chi connectivity index (χ1v) is 9.77. The number of carbonyl (C=O) groups excluding carboxylic acids is 1. The van der Waals surface area contributed by atoms with Crippen molar-refractivity contribution >= 4 is 48.5 Å². The zero-order valence-corrected chi connectivity index (χ0v) is 15.7. The Morgan fingerprint density at radius 3 is 2.72 bits per heavy atom. The number of hydrogen-bond acceptors (Lipinski definition) is 3. The van der Waals surface area contributed by atoms with Crippen LogP contribution in [0.1, 0.15) is 11.3 Å². The van der Waals surface area contributed by atoms with Gasteiger partial charge in [0.05, 0.1) is 11.3 Å². The maximum absolute atomic E-state index is 12.4. The van der Waals surface area contributed by atoms with Crippen molar-refractivity contribution in [2.75, 3.05) is 5.32 Å². The highest BCUT2D eigenvalue weighted by molar-refractivity contribution is 9.10. The van der Waals surface area contributed by atoms with Gasteiger partial charge in [-0.15, -0.1) is 0 Å². The third-order valence-corrected chi connectivity index (χ3v) is 5.27. The lowest BCUT2D eigenvalue weighted by Gasteiger charge is -2.07. The highest BCUT2D eigenvalue weighted by Gasteiger charge is 2.14. The SMILES string of the molecule is Cc1[nH]c2ccc(Br)cc2c1CC(=O)Nc1cccc(S(N)(=O)=O)c1. The normalized spacial score (nSPS) is 11.6. The lowest BCUT2D eigenvalue weighted by Crippen LogP contribution is -2.16. The fraction of sp³-hybridized carbons (Fsp3) is 0.118. The molecule has 0 fully saturated rings. The summed E-state index contributed by atoms with van der Waals surface area (Å²) in [4.78, 5) is 15.6. The highest BCUT2D eigenvalue weighted by Crippen LogP contribution is 2.26. The fourth-order valence-electron chi connectivity index (χ4n) is 2.70. The second kappa shape index (κ2) is 6.62. The van der Waals surface area contributed by atoms with Crippen molar-refractivity contribution < 1.29 is 13.2 Å². The Bertz CT molecular complexity index is 1070. The van der Waals surface area contributed by atoms with E-state index in [1.807, 2.05) is 25.1 Å². The summed E-state index contributed by atoms with van der Waals surface area (Å²) in [5, 5.41) is 8.80. The standard InChI is InChI=1S/C17H16BrN3O3S/c1-10-14(15-7-11(18)5-6-16(15)20-10)9-17(22)21-12-3-2-4-13(8-12)25(19,23)24/h2-8,20H,9H2,1H3,(H,21,22)(H2,19,23,24). The lowest BCUT2D eigenvalue weighted by molar-refractivity contribution is -0.115. The lowest BCUT2D eigenvalue weighted by atomic mass is 10.1. The minimum atomic E-state index is -3.81. The van der Waals surface area contributed by atoms with E-state index in [0.29, 0.717) is 5.69 Å². The molecule has 4 N–H and O–H groups in total. The fourth-order valence-corrected chi connectivity index (χ4v) is 3.62. The van der Waals surface area contributed by atoms with E-state index in [9.17, 15) is 13.2 Å². The Morgan fingerprint density at radius 1 is 1.24 bits per heavy atom. The van der Waals surface area contributed by atoms with E-state index >= 15 is 0 Å². The van der Waals surface area contributed by atoms with Gasteiger partial charge >= 0.3 is 0 Å². The molecule has 0 aliphatic carbocycles. The highest BCUT2D eigenvalue weighted by atomic mass is 79.9. The van der Waals surface area contributed by atoms with Gasteiger partial charge in [0, 0.05) is 26.8 Å². The van der Waals surface area contributed by atoms with Crippen LogP contribution in [0.2, 0.25) is 0 Å². The van der Waals surface area contributed by atoms with Gasteiger partial charge < -0.3 is 10.3 Å². The van der Waals surface area contributed by atoms with E-state index in [2.05, 4.69) is 26.2 Å². The van der Waals surface area contributed by atoms with Crippen LogP contribution in [-0.2, 0) is 21.2 Å². The number of fused-ring (bicyclic) bond motifs is 1. The van der Waals surface area contributed by atoms with Crippen LogP contribution < -0.4 is 10.5 Å². The number of hydrogen-bond donors (Lipinski definition) is 3. The Balaban J connectivity index is 1.84. The Kier molecular flexibility index (Phi) is 4.68. The summed E-state index contributed by atoms with van der Waals surface area (Å²) in [6.07, 6.45) is 0.169. The van der Waals surface area contributed by atoms with Gasteiger partial charge in [0.1, 0.15) is 0 Å². The van der Waals surface area contributed by atoms with Crippen molar-refractivity contribution in [1.82, 2.24) is 4.98 Å². The van der Waals surface area contributed by atoms with Crippen LogP contribution in [0.5, 0.6) is 0 Å². The number of anilines is 1. The minimum absolute atomic E-state index is 0.0440. The number of nitrogens with two attached hydrogens (primary N) is 1. The first kappa shape index (κ1) is 17.7. The van der Waals surface area contributed by atoms with Gasteiger partial charge in [0.15, 0.2) is 0 Å². The van der Waals surface area contributed by atoms with Crippen LogP contribution in [0, 0.1) is 6.92 Å². The van der Waals surface area contributed by atoms with Gasteiger partial charge in [0.25, 0.3) is 0 Å². The first-order chi connectivity index (χ1) is 11.7. The average molecular weight is 422 g/mol. The van der Waals surface area contributed by atoms with Crippen LogP contribution >= 0.6 is 15.9 Å². The van der Waals surface area contributed by atoms with E-state index in [-0.39, 0.29) is 17.2 Å². The van der Waals surface area contributed by atoms with E-state index in [0.717, 1.165) is 26.6 Å². The number of H-pyrrole nitrogens is 1. The summed E-state index contributed by atoms with van der Waals surface area (Å²) in [7, 11) is -3.81. The zero-order valence-electron chi connectivity index (χ0n) is 13.3. The van der Waals surface area contributed by atoms with Gasteiger partial charge in [-0.25, -0.2) is 13.6 Å². The molecule has 0 bridgehead atoms. The molecule has 0 aliphatic heterocycles. The summed E-state index contributed by atoms with van der Waals surface area (Å²) in [5.41, 5.74) is 3.16. The van der Waals surface area contributed by atoms with Gasteiger partial charge in [-0.2, -0.15) is 0 Å². The number of aromatic amines is 1. The van der Waals surface area contributed by atoms with E-state index < -0.39 is 10.0 Å². The van der Waals surface area contributed by atoms with E-state index in [1.54, 1.807) is 6.07 Å². The first-order valence-electron chi connectivity index (χ1n) is 7.43. The Hall–Kier alpha value is -2.16. The number of nitrogens with one attached hydrogen (secondary N) is 2. The van der Waals surface area contributed by atoms with Crippen LogP contribution in [0.3, 0.4) is 0 Å². The van der Waals surface area contributed by atoms with Crippen molar-refractivity contribution in [2.24, 2.45) is 5.14 Å². The molecule has 0 atom stereocenters. The Morgan fingerprint density at radius 2 is 2.00 bits per heavy atom. The average Bonchev–Trinajstić information content (AvgIpc) is 2.82. The molecular weight excluding hydrogens is 406 g/mol. The van der Waals surface area contributed by atoms with Crippen molar-refractivity contribution in [3.05, 3.63) is 58.2 Å². The molecule has 0 radical (unpaired) electrons.